The fourth-order valence-electron chi connectivity index (χ4n) is 4.70. The van der Waals surface area contributed by atoms with E-state index in [2.05, 4.69) is 15.9 Å². The lowest BCUT2D eigenvalue weighted by molar-refractivity contribution is -0.157. The highest BCUT2D eigenvalue weighted by atomic mass is 79.9. The molecule has 1 heterocycles. The molecule has 1 aromatic rings. The lowest BCUT2D eigenvalue weighted by Crippen LogP contribution is -2.53. The fourth-order valence-corrected chi connectivity index (χ4v) is 4.97. The minimum Gasteiger partial charge on any atom is -0.454 e. The highest BCUT2D eigenvalue weighted by molar-refractivity contribution is 9.10. The van der Waals surface area contributed by atoms with Gasteiger partial charge in [0.15, 0.2) is 0 Å². The molecule has 5 nitrogen and oxygen atoms in total. The van der Waals surface area contributed by atoms with Crippen LogP contribution >= 0.6 is 15.9 Å². The first-order chi connectivity index (χ1) is 12.6. The number of cyclic esters (lactones) is 1. The highest BCUT2D eigenvalue weighted by Crippen LogP contribution is 2.62. The molecule has 6 heteroatoms. The largest absolute Gasteiger partial charge is 0.454 e. The van der Waals surface area contributed by atoms with Crippen LogP contribution in [-0.2, 0) is 14.3 Å². The first kappa shape index (κ1) is 20.2. The maximum atomic E-state index is 13.0. The topological polar surface area (TPSA) is 55.8 Å². The van der Waals surface area contributed by atoms with Crippen LogP contribution in [0.5, 0.6) is 0 Å². The second-order valence-electron chi connectivity index (χ2n) is 8.40. The Bertz CT molecular complexity index is 724. The number of nitrogens with zero attached hydrogens (tertiary/aromatic N) is 1. The predicted octanol–water partition coefficient (Wildman–Crippen LogP) is 5.23. The molecule has 1 saturated carbocycles. The van der Waals surface area contributed by atoms with Gasteiger partial charge in [-0.3, -0.25) is 0 Å². The fraction of sp³-hybridized carbons (Fsp3) is 0.619. The van der Waals surface area contributed by atoms with Gasteiger partial charge in [0.05, 0.1) is 5.41 Å². The Morgan fingerprint density at radius 2 is 1.78 bits per heavy atom. The third-order valence-electron chi connectivity index (χ3n) is 6.04. The number of carbonyl (C=O) groups excluding carboxylic acids is 2. The van der Waals surface area contributed by atoms with Crippen molar-refractivity contribution in [1.29, 1.82) is 0 Å². The predicted molar refractivity (Wildman–Crippen MR) is 106 cm³/mol. The number of amides is 1. The summed E-state index contributed by atoms with van der Waals surface area (Å²) in [6, 6.07) is 7.76. The quantitative estimate of drug-likeness (QED) is 0.604. The standard InChI is InChI=1S/C21H28BrNO4/c1-13(2)23(14(3)4)19(25)27-21-12-6-11-20(21,5)17(26-18(21)24)15-7-9-16(22)10-8-15/h7-10,13-14,17H,6,11-12H2,1-5H3/t17-,20-,21-/m1/s1. The molecule has 0 unspecified atom stereocenters. The van der Waals surface area contributed by atoms with Crippen LogP contribution in [0.4, 0.5) is 4.79 Å². The summed E-state index contributed by atoms with van der Waals surface area (Å²) in [6.07, 6.45) is 1.25. The summed E-state index contributed by atoms with van der Waals surface area (Å²) in [5, 5.41) is 0. The monoisotopic (exact) mass is 437 g/mol. The molecule has 0 N–H and O–H groups in total. The molecule has 1 saturated heterocycles. The van der Waals surface area contributed by atoms with Crippen molar-refractivity contribution in [1.82, 2.24) is 4.90 Å². The summed E-state index contributed by atoms with van der Waals surface area (Å²) in [6.45, 7) is 9.81. The van der Waals surface area contributed by atoms with Crippen molar-refractivity contribution in [3.8, 4) is 0 Å². The first-order valence-corrected chi connectivity index (χ1v) is 10.4. The maximum Gasteiger partial charge on any atom is 0.411 e. The van der Waals surface area contributed by atoms with Crippen molar-refractivity contribution in [2.45, 2.75) is 77.7 Å². The van der Waals surface area contributed by atoms with E-state index in [4.69, 9.17) is 9.47 Å². The van der Waals surface area contributed by atoms with Gasteiger partial charge in [0.25, 0.3) is 0 Å². The van der Waals surface area contributed by atoms with E-state index in [1.165, 1.54) is 0 Å². The zero-order valence-electron chi connectivity index (χ0n) is 16.6. The number of halogens is 1. The van der Waals surface area contributed by atoms with E-state index in [1.54, 1.807) is 4.90 Å². The number of rotatable bonds is 4. The number of hydrogen-bond acceptors (Lipinski definition) is 4. The Labute approximate surface area is 169 Å². The Balaban J connectivity index is 1.95. The molecule has 2 aliphatic rings. The van der Waals surface area contributed by atoms with Crippen LogP contribution in [-0.4, -0.2) is 34.6 Å². The molecule has 1 aromatic carbocycles. The lowest BCUT2D eigenvalue weighted by atomic mass is 9.72. The molecule has 0 bridgehead atoms. The van der Waals surface area contributed by atoms with E-state index in [0.717, 1.165) is 22.9 Å². The van der Waals surface area contributed by atoms with Gasteiger partial charge in [0, 0.05) is 16.6 Å². The second kappa shape index (κ2) is 7.12. The van der Waals surface area contributed by atoms with Crippen molar-refractivity contribution in [3.63, 3.8) is 0 Å². The molecule has 2 fully saturated rings. The molecular weight excluding hydrogens is 410 g/mol. The van der Waals surface area contributed by atoms with Crippen LogP contribution in [0.15, 0.2) is 28.7 Å². The smallest absolute Gasteiger partial charge is 0.411 e. The number of hydrogen-bond donors (Lipinski definition) is 0. The van der Waals surface area contributed by atoms with Crippen LogP contribution in [0.1, 0.15) is 65.5 Å². The molecule has 3 atom stereocenters. The number of benzene rings is 1. The van der Waals surface area contributed by atoms with Crippen LogP contribution < -0.4 is 0 Å². The molecule has 0 spiro atoms. The van der Waals surface area contributed by atoms with Crippen molar-refractivity contribution in [2.75, 3.05) is 0 Å². The van der Waals surface area contributed by atoms with E-state index in [0.29, 0.717) is 6.42 Å². The van der Waals surface area contributed by atoms with Gasteiger partial charge >= 0.3 is 12.1 Å². The Morgan fingerprint density at radius 3 is 2.33 bits per heavy atom. The number of fused-ring (bicyclic) bond motifs is 1. The summed E-state index contributed by atoms with van der Waals surface area (Å²) in [7, 11) is 0. The van der Waals surface area contributed by atoms with Crippen molar-refractivity contribution >= 4 is 28.0 Å². The van der Waals surface area contributed by atoms with Crippen molar-refractivity contribution in [3.05, 3.63) is 34.3 Å². The summed E-state index contributed by atoms with van der Waals surface area (Å²) < 4.78 is 12.8. The summed E-state index contributed by atoms with van der Waals surface area (Å²) in [5.74, 6) is -0.420. The average Bonchev–Trinajstić information content (AvgIpc) is 2.99. The van der Waals surface area contributed by atoms with Gasteiger partial charge in [0.1, 0.15) is 6.10 Å². The van der Waals surface area contributed by atoms with Crippen LogP contribution in [0.2, 0.25) is 0 Å². The van der Waals surface area contributed by atoms with Crippen LogP contribution in [0.3, 0.4) is 0 Å². The highest BCUT2D eigenvalue weighted by Gasteiger charge is 2.70. The van der Waals surface area contributed by atoms with Crippen molar-refractivity contribution < 1.29 is 19.1 Å². The molecule has 1 aliphatic heterocycles. The Kier molecular flexibility index (Phi) is 5.32. The minimum absolute atomic E-state index is 0.0127. The zero-order chi connectivity index (χ0) is 20.0. The van der Waals surface area contributed by atoms with E-state index < -0.39 is 29.2 Å². The Morgan fingerprint density at radius 1 is 1.19 bits per heavy atom. The molecule has 1 aliphatic carbocycles. The van der Waals surface area contributed by atoms with Gasteiger partial charge in [-0.15, -0.1) is 0 Å². The molecule has 3 rings (SSSR count). The Hall–Kier alpha value is -1.56. The second-order valence-corrected chi connectivity index (χ2v) is 9.31. The number of esters is 1. The van der Waals surface area contributed by atoms with Crippen LogP contribution in [0.25, 0.3) is 0 Å². The number of carbonyl (C=O) groups is 2. The summed E-state index contributed by atoms with van der Waals surface area (Å²) in [5.41, 5.74) is -0.865. The average molecular weight is 438 g/mol. The first-order valence-electron chi connectivity index (χ1n) is 9.60. The number of ether oxygens (including phenoxy) is 2. The molecule has 1 amide bonds. The van der Waals surface area contributed by atoms with E-state index in [9.17, 15) is 9.59 Å². The van der Waals surface area contributed by atoms with Gasteiger partial charge in [-0.1, -0.05) is 35.0 Å². The van der Waals surface area contributed by atoms with Crippen LogP contribution in [0, 0.1) is 5.41 Å². The van der Waals surface area contributed by atoms with Gasteiger partial charge in [-0.05, 0) is 64.7 Å². The van der Waals surface area contributed by atoms with Crippen molar-refractivity contribution in [2.24, 2.45) is 5.41 Å². The van der Waals surface area contributed by atoms with E-state index in [-0.39, 0.29) is 12.1 Å². The molecular formula is C21H28BrNO4. The molecule has 148 valence electrons. The SMILES string of the molecule is CC(C)N(C(=O)O[C@@]12CCC[C@]1(C)[C@@H](c1ccc(Br)cc1)OC2=O)C(C)C. The zero-order valence-corrected chi connectivity index (χ0v) is 18.2. The van der Waals surface area contributed by atoms with E-state index in [1.807, 2.05) is 58.9 Å². The minimum atomic E-state index is -1.22. The maximum absolute atomic E-state index is 13.0. The van der Waals surface area contributed by atoms with Gasteiger partial charge < -0.3 is 14.4 Å². The van der Waals surface area contributed by atoms with Gasteiger partial charge in [-0.2, -0.15) is 0 Å². The van der Waals surface area contributed by atoms with Gasteiger partial charge in [0.2, 0.25) is 5.60 Å². The third kappa shape index (κ3) is 3.16. The third-order valence-corrected chi connectivity index (χ3v) is 6.57. The normalized spacial score (nSPS) is 29.8. The van der Waals surface area contributed by atoms with Gasteiger partial charge in [-0.25, -0.2) is 9.59 Å². The molecule has 0 aromatic heterocycles. The summed E-state index contributed by atoms with van der Waals surface area (Å²) in [4.78, 5) is 27.7. The summed E-state index contributed by atoms with van der Waals surface area (Å²) >= 11 is 3.44. The molecule has 0 radical (unpaired) electrons. The van der Waals surface area contributed by atoms with E-state index >= 15 is 0 Å². The molecule has 27 heavy (non-hydrogen) atoms. The lowest BCUT2D eigenvalue weighted by Gasteiger charge is -2.38.